The SMILES string of the molecule is CC(C)Cn1nc(C(=O)N(C)C)c2c1CC[C@H](NCCc1cccs1)C2. The van der Waals surface area contributed by atoms with Crippen molar-refractivity contribution in [2.45, 2.75) is 52.1 Å². The molecule has 0 unspecified atom stereocenters. The van der Waals surface area contributed by atoms with Gasteiger partial charge in [0, 0.05) is 49.4 Å². The number of rotatable bonds is 7. The van der Waals surface area contributed by atoms with Gasteiger partial charge in [-0.05, 0) is 43.0 Å². The highest BCUT2D eigenvalue weighted by atomic mass is 32.1. The molecule has 0 saturated carbocycles. The van der Waals surface area contributed by atoms with Crippen molar-refractivity contribution in [3.05, 3.63) is 39.3 Å². The van der Waals surface area contributed by atoms with Gasteiger partial charge in [-0.1, -0.05) is 19.9 Å². The summed E-state index contributed by atoms with van der Waals surface area (Å²) in [5, 5.41) is 10.5. The van der Waals surface area contributed by atoms with E-state index in [1.807, 2.05) is 11.3 Å². The van der Waals surface area contributed by atoms with E-state index in [1.54, 1.807) is 19.0 Å². The van der Waals surface area contributed by atoms with Crippen LogP contribution in [0.1, 0.15) is 46.9 Å². The standard InChI is InChI=1S/C20H30N4OS/c1-14(2)13-24-18-8-7-15(21-10-9-16-6-5-11-26-16)12-17(18)19(22-24)20(25)23(3)4/h5-6,11,14-15,21H,7-10,12-13H2,1-4H3/t15-/m0/s1. The van der Waals surface area contributed by atoms with Gasteiger partial charge in [0.25, 0.3) is 5.91 Å². The van der Waals surface area contributed by atoms with Gasteiger partial charge in [0.05, 0.1) is 0 Å². The summed E-state index contributed by atoms with van der Waals surface area (Å²) in [6.07, 6.45) is 4.06. The Kier molecular flexibility index (Phi) is 6.14. The van der Waals surface area contributed by atoms with Crippen molar-refractivity contribution in [1.29, 1.82) is 0 Å². The smallest absolute Gasteiger partial charge is 0.274 e. The molecule has 1 N–H and O–H groups in total. The molecule has 2 heterocycles. The zero-order valence-electron chi connectivity index (χ0n) is 16.3. The number of nitrogens with zero attached hydrogens (tertiary/aromatic N) is 3. The first-order chi connectivity index (χ1) is 12.5. The lowest BCUT2D eigenvalue weighted by molar-refractivity contribution is 0.0819. The Hall–Kier alpha value is -1.66. The van der Waals surface area contributed by atoms with Gasteiger partial charge in [0.15, 0.2) is 5.69 Å². The molecule has 1 amide bonds. The van der Waals surface area contributed by atoms with Crippen LogP contribution >= 0.6 is 11.3 Å². The van der Waals surface area contributed by atoms with E-state index >= 15 is 0 Å². The molecule has 0 spiro atoms. The van der Waals surface area contributed by atoms with Crippen molar-refractivity contribution in [2.24, 2.45) is 5.92 Å². The van der Waals surface area contributed by atoms with Crippen LogP contribution in [0.15, 0.2) is 17.5 Å². The van der Waals surface area contributed by atoms with Crippen LogP contribution in [0.3, 0.4) is 0 Å². The fraction of sp³-hybridized carbons (Fsp3) is 0.600. The van der Waals surface area contributed by atoms with Crippen LogP contribution < -0.4 is 5.32 Å². The van der Waals surface area contributed by atoms with Crippen LogP contribution in [0.25, 0.3) is 0 Å². The van der Waals surface area contributed by atoms with E-state index in [0.29, 0.717) is 17.7 Å². The predicted molar refractivity (Wildman–Crippen MR) is 107 cm³/mol. The second-order valence-corrected chi connectivity index (χ2v) is 8.80. The normalized spacial score (nSPS) is 16.7. The molecule has 3 rings (SSSR count). The number of thiophene rings is 1. The maximum atomic E-state index is 12.6. The summed E-state index contributed by atoms with van der Waals surface area (Å²) in [6.45, 7) is 6.25. The number of nitrogens with one attached hydrogen (secondary N) is 1. The Morgan fingerprint density at radius 2 is 2.27 bits per heavy atom. The summed E-state index contributed by atoms with van der Waals surface area (Å²) in [7, 11) is 3.60. The Labute approximate surface area is 160 Å². The summed E-state index contributed by atoms with van der Waals surface area (Å²) < 4.78 is 2.08. The zero-order chi connectivity index (χ0) is 18.7. The van der Waals surface area contributed by atoms with Crippen LogP contribution in [-0.2, 0) is 25.8 Å². The minimum atomic E-state index is 0.0167. The molecule has 0 aromatic carbocycles. The second-order valence-electron chi connectivity index (χ2n) is 7.77. The molecular formula is C20H30N4OS. The fourth-order valence-electron chi connectivity index (χ4n) is 3.60. The van der Waals surface area contributed by atoms with Gasteiger partial charge in [-0.15, -0.1) is 11.3 Å². The van der Waals surface area contributed by atoms with E-state index in [1.165, 1.54) is 10.6 Å². The first-order valence-electron chi connectivity index (χ1n) is 9.51. The third kappa shape index (κ3) is 4.35. The quantitative estimate of drug-likeness (QED) is 0.811. The molecule has 0 radical (unpaired) electrons. The van der Waals surface area contributed by atoms with Gasteiger partial charge in [-0.3, -0.25) is 9.48 Å². The number of aromatic nitrogens is 2. The van der Waals surface area contributed by atoms with E-state index in [9.17, 15) is 4.79 Å². The molecule has 142 valence electrons. The van der Waals surface area contributed by atoms with Gasteiger partial charge >= 0.3 is 0 Å². The number of carbonyl (C=O) groups is 1. The number of hydrogen-bond donors (Lipinski definition) is 1. The van der Waals surface area contributed by atoms with E-state index in [0.717, 1.165) is 44.3 Å². The van der Waals surface area contributed by atoms with Gasteiger partial charge in [-0.25, -0.2) is 0 Å². The van der Waals surface area contributed by atoms with Crippen LogP contribution in [0.2, 0.25) is 0 Å². The predicted octanol–water partition coefficient (Wildman–Crippen LogP) is 2.99. The molecule has 0 aliphatic heterocycles. The highest BCUT2D eigenvalue weighted by Gasteiger charge is 2.29. The lowest BCUT2D eigenvalue weighted by Crippen LogP contribution is -2.36. The first kappa shape index (κ1) is 19.1. The van der Waals surface area contributed by atoms with Crippen LogP contribution in [0, 0.1) is 5.92 Å². The molecule has 0 saturated heterocycles. The monoisotopic (exact) mass is 374 g/mol. The molecule has 0 fully saturated rings. The fourth-order valence-corrected chi connectivity index (χ4v) is 4.31. The minimum absolute atomic E-state index is 0.0167. The summed E-state index contributed by atoms with van der Waals surface area (Å²) in [6, 6.07) is 4.72. The molecule has 2 aromatic heterocycles. The maximum absolute atomic E-state index is 12.6. The Morgan fingerprint density at radius 3 is 2.92 bits per heavy atom. The molecule has 1 atom stereocenters. The third-order valence-corrected chi connectivity index (χ3v) is 5.81. The van der Waals surface area contributed by atoms with E-state index in [2.05, 4.69) is 41.4 Å². The largest absolute Gasteiger partial charge is 0.343 e. The molecule has 6 heteroatoms. The Balaban J connectivity index is 1.72. The number of carbonyl (C=O) groups excluding carboxylic acids is 1. The molecule has 1 aliphatic carbocycles. The van der Waals surface area contributed by atoms with Gasteiger partial charge in [0.1, 0.15) is 0 Å². The van der Waals surface area contributed by atoms with Crippen molar-refractivity contribution in [3.63, 3.8) is 0 Å². The van der Waals surface area contributed by atoms with Gasteiger partial charge < -0.3 is 10.2 Å². The van der Waals surface area contributed by atoms with Crippen molar-refractivity contribution in [3.8, 4) is 0 Å². The maximum Gasteiger partial charge on any atom is 0.274 e. The lowest BCUT2D eigenvalue weighted by Gasteiger charge is -2.25. The summed E-state index contributed by atoms with van der Waals surface area (Å²) in [5.41, 5.74) is 3.07. The van der Waals surface area contributed by atoms with Crippen molar-refractivity contribution >= 4 is 17.2 Å². The summed E-state index contributed by atoms with van der Waals surface area (Å²) >= 11 is 1.81. The van der Waals surface area contributed by atoms with Crippen LogP contribution in [0.4, 0.5) is 0 Å². The topological polar surface area (TPSA) is 50.2 Å². The number of amides is 1. The average molecular weight is 375 g/mol. The highest BCUT2D eigenvalue weighted by Crippen LogP contribution is 2.26. The Bertz CT molecular complexity index is 733. The highest BCUT2D eigenvalue weighted by molar-refractivity contribution is 7.09. The van der Waals surface area contributed by atoms with E-state index in [4.69, 9.17) is 5.10 Å². The third-order valence-electron chi connectivity index (χ3n) is 4.88. The minimum Gasteiger partial charge on any atom is -0.343 e. The van der Waals surface area contributed by atoms with Crippen LogP contribution in [-0.4, -0.2) is 47.3 Å². The molecule has 1 aliphatic rings. The van der Waals surface area contributed by atoms with E-state index < -0.39 is 0 Å². The molecule has 0 bridgehead atoms. The average Bonchev–Trinajstić information content (AvgIpc) is 3.22. The van der Waals surface area contributed by atoms with E-state index in [-0.39, 0.29) is 5.91 Å². The van der Waals surface area contributed by atoms with Crippen LogP contribution in [0.5, 0.6) is 0 Å². The molecule has 26 heavy (non-hydrogen) atoms. The second kappa shape index (κ2) is 8.35. The number of hydrogen-bond acceptors (Lipinski definition) is 4. The zero-order valence-corrected chi connectivity index (χ0v) is 17.1. The lowest BCUT2D eigenvalue weighted by atomic mass is 9.91. The van der Waals surface area contributed by atoms with Crippen molar-refractivity contribution < 1.29 is 4.79 Å². The molecule has 5 nitrogen and oxygen atoms in total. The Morgan fingerprint density at radius 1 is 1.46 bits per heavy atom. The van der Waals surface area contributed by atoms with Gasteiger partial charge in [-0.2, -0.15) is 5.10 Å². The van der Waals surface area contributed by atoms with Gasteiger partial charge in [0.2, 0.25) is 0 Å². The molecular weight excluding hydrogens is 344 g/mol. The first-order valence-corrected chi connectivity index (χ1v) is 10.4. The summed E-state index contributed by atoms with van der Waals surface area (Å²) in [5.74, 6) is 0.533. The number of fused-ring (bicyclic) bond motifs is 1. The summed E-state index contributed by atoms with van der Waals surface area (Å²) in [4.78, 5) is 15.7. The van der Waals surface area contributed by atoms with Crippen molar-refractivity contribution in [2.75, 3.05) is 20.6 Å². The van der Waals surface area contributed by atoms with Crippen molar-refractivity contribution in [1.82, 2.24) is 20.0 Å². The molecule has 2 aromatic rings.